The Morgan fingerprint density at radius 1 is 1.00 bits per heavy atom. The van der Waals surface area contributed by atoms with Crippen molar-refractivity contribution in [3.63, 3.8) is 0 Å². The highest BCUT2D eigenvalue weighted by Crippen LogP contribution is 2.30. The van der Waals surface area contributed by atoms with E-state index in [0.29, 0.717) is 38.1 Å². The summed E-state index contributed by atoms with van der Waals surface area (Å²) in [5.41, 5.74) is 2.17. The molecular formula is C23H15BrCl2N2O3. The van der Waals surface area contributed by atoms with Gasteiger partial charge in [-0.2, -0.15) is 0 Å². The number of nitrogens with zero attached hydrogens (tertiary/aromatic N) is 1. The normalized spacial score (nSPS) is 14.8. The van der Waals surface area contributed by atoms with Crippen molar-refractivity contribution < 1.29 is 14.3 Å². The molecular weight excluding hydrogens is 503 g/mol. The van der Waals surface area contributed by atoms with E-state index in [1.165, 1.54) is 0 Å². The van der Waals surface area contributed by atoms with Gasteiger partial charge in [0.05, 0.1) is 10.2 Å². The average molecular weight is 518 g/mol. The van der Waals surface area contributed by atoms with Crippen LogP contribution in [0.4, 0.5) is 10.5 Å². The number of carbonyl (C=O) groups excluding carboxylic acids is 2. The van der Waals surface area contributed by atoms with Crippen LogP contribution in [0.15, 0.2) is 76.9 Å². The third kappa shape index (κ3) is 4.77. The van der Waals surface area contributed by atoms with Crippen LogP contribution in [0.25, 0.3) is 6.08 Å². The summed E-state index contributed by atoms with van der Waals surface area (Å²) in [5.74, 6) is 0.173. The first-order valence-corrected chi connectivity index (χ1v) is 10.8. The maximum absolute atomic E-state index is 12.8. The number of urea groups is 1. The number of rotatable bonds is 5. The van der Waals surface area contributed by atoms with Gasteiger partial charge in [-0.25, -0.2) is 9.69 Å². The molecule has 0 saturated carbocycles. The van der Waals surface area contributed by atoms with E-state index in [1.54, 1.807) is 48.5 Å². The highest BCUT2D eigenvalue weighted by Gasteiger charge is 2.34. The van der Waals surface area contributed by atoms with Crippen molar-refractivity contribution in [3.05, 3.63) is 98.1 Å². The Kier molecular flexibility index (Phi) is 6.32. The molecule has 3 aromatic carbocycles. The molecule has 0 spiro atoms. The first-order chi connectivity index (χ1) is 14.9. The third-order valence-corrected chi connectivity index (χ3v) is 5.78. The minimum atomic E-state index is -0.530. The molecule has 3 amide bonds. The van der Waals surface area contributed by atoms with Gasteiger partial charge in [-0.1, -0.05) is 53.5 Å². The standard InChI is InChI=1S/C23H15BrCl2N2O3/c24-18-10-14(8-9-21(18)31-13-15-4-1-2-7-19(15)26)11-20-22(29)28(23(30)27-20)17-6-3-5-16(25)12-17/h1-12H,13H2,(H,27,30)/b20-11+. The molecule has 0 aliphatic carbocycles. The highest BCUT2D eigenvalue weighted by molar-refractivity contribution is 9.10. The van der Waals surface area contributed by atoms with Crippen LogP contribution >= 0.6 is 39.1 Å². The van der Waals surface area contributed by atoms with Crippen molar-refractivity contribution >= 4 is 62.8 Å². The summed E-state index contributed by atoms with van der Waals surface area (Å²) in [4.78, 5) is 26.1. The maximum atomic E-state index is 12.8. The molecule has 0 bridgehead atoms. The van der Waals surface area contributed by atoms with Crippen LogP contribution in [-0.2, 0) is 11.4 Å². The van der Waals surface area contributed by atoms with Crippen LogP contribution in [0.5, 0.6) is 5.75 Å². The number of carbonyl (C=O) groups is 2. The number of imide groups is 1. The van der Waals surface area contributed by atoms with E-state index in [0.717, 1.165) is 10.5 Å². The molecule has 1 N–H and O–H groups in total. The maximum Gasteiger partial charge on any atom is 0.333 e. The molecule has 1 saturated heterocycles. The zero-order valence-corrected chi connectivity index (χ0v) is 19.0. The zero-order chi connectivity index (χ0) is 22.0. The lowest BCUT2D eigenvalue weighted by Crippen LogP contribution is -2.30. The van der Waals surface area contributed by atoms with E-state index in [4.69, 9.17) is 27.9 Å². The second-order valence-corrected chi connectivity index (χ2v) is 8.38. The molecule has 1 fully saturated rings. The van der Waals surface area contributed by atoms with Crippen LogP contribution in [0.1, 0.15) is 11.1 Å². The SMILES string of the molecule is O=C1N/C(=C/c2ccc(OCc3ccccc3Cl)c(Br)c2)C(=O)N1c1cccc(Cl)c1. The van der Waals surface area contributed by atoms with Gasteiger partial charge in [-0.05, 0) is 64.0 Å². The van der Waals surface area contributed by atoms with Gasteiger partial charge in [-0.3, -0.25) is 4.79 Å². The fraction of sp³-hybridized carbons (Fsp3) is 0.0435. The van der Waals surface area contributed by atoms with Crippen molar-refractivity contribution in [2.75, 3.05) is 4.90 Å². The predicted molar refractivity (Wildman–Crippen MR) is 125 cm³/mol. The van der Waals surface area contributed by atoms with Crippen molar-refractivity contribution in [1.82, 2.24) is 5.32 Å². The number of hydrogen-bond acceptors (Lipinski definition) is 3. The third-order valence-electron chi connectivity index (χ3n) is 4.55. The summed E-state index contributed by atoms with van der Waals surface area (Å²) in [5, 5.41) is 3.68. The predicted octanol–water partition coefficient (Wildman–Crippen LogP) is 6.43. The molecule has 0 radical (unpaired) electrons. The Labute approximate surface area is 197 Å². The molecule has 8 heteroatoms. The van der Waals surface area contributed by atoms with Crippen molar-refractivity contribution in [1.29, 1.82) is 0 Å². The number of hydrogen-bond donors (Lipinski definition) is 1. The molecule has 156 valence electrons. The number of benzene rings is 3. The molecule has 5 nitrogen and oxygen atoms in total. The summed E-state index contributed by atoms with van der Waals surface area (Å²) < 4.78 is 6.55. The van der Waals surface area contributed by atoms with Crippen LogP contribution in [0, 0.1) is 0 Å². The van der Waals surface area contributed by atoms with E-state index in [1.807, 2.05) is 24.3 Å². The average Bonchev–Trinajstić information content (AvgIpc) is 3.01. The fourth-order valence-electron chi connectivity index (χ4n) is 3.05. The topological polar surface area (TPSA) is 58.6 Å². The van der Waals surface area contributed by atoms with E-state index >= 15 is 0 Å². The number of anilines is 1. The van der Waals surface area contributed by atoms with Crippen molar-refractivity contribution in [2.45, 2.75) is 6.61 Å². The van der Waals surface area contributed by atoms with E-state index in [-0.39, 0.29) is 5.70 Å². The molecule has 3 aromatic rings. The molecule has 1 aliphatic rings. The Bertz CT molecular complexity index is 1210. The number of amides is 3. The van der Waals surface area contributed by atoms with Gasteiger partial charge < -0.3 is 10.1 Å². The first kappa shape index (κ1) is 21.4. The smallest absolute Gasteiger partial charge is 0.333 e. The second kappa shape index (κ2) is 9.14. The molecule has 0 unspecified atom stereocenters. The van der Waals surface area contributed by atoms with Crippen LogP contribution in [-0.4, -0.2) is 11.9 Å². The fourth-order valence-corrected chi connectivity index (χ4v) is 3.93. The van der Waals surface area contributed by atoms with E-state index in [2.05, 4.69) is 21.2 Å². The minimum absolute atomic E-state index is 0.168. The van der Waals surface area contributed by atoms with Gasteiger partial charge >= 0.3 is 6.03 Å². The van der Waals surface area contributed by atoms with Gasteiger partial charge in [0.15, 0.2) is 0 Å². The molecule has 4 rings (SSSR count). The Morgan fingerprint density at radius 2 is 1.81 bits per heavy atom. The van der Waals surface area contributed by atoms with Crippen LogP contribution in [0.2, 0.25) is 10.0 Å². The lowest BCUT2D eigenvalue weighted by atomic mass is 10.1. The minimum Gasteiger partial charge on any atom is -0.488 e. The summed E-state index contributed by atoms with van der Waals surface area (Å²) in [6, 6.07) is 18.9. The van der Waals surface area contributed by atoms with Crippen LogP contribution < -0.4 is 15.0 Å². The molecule has 1 heterocycles. The summed E-state index contributed by atoms with van der Waals surface area (Å²) in [6.45, 7) is 0.321. The molecule has 31 heavy (non-hydrogen) atoms. The first-order valence-electron chi connectivity index (χ1n) is 9.21. The van der Waals surface area contributed by atoms with Gasteiger partial charge in [0.2, 0.25) is 0 Å². The lowest BCUT2D eigenvalue weighted by Gasteiger charge is -2.11. The van der Waals surface area contributed by atoms with Crippen molar-refractivity contribution in [3.8, 4) is 5.75 Å². The zero-order valence-electron chi connectivity index (χ0n) is 15.9. The summed E-state index contributed by atoms with van der Waals surface area (Å²) >= 11 is 15.6. The Hall–Kier alpha value is -2.80. The van der Waals surface area contributed by atoms with Gasteiger partial charge in [0, 0.05) is 15.6 Å². The number of ether oxygens (including phenoxy) is 1. The molecule has 1 aliphatic heterocycles. The highest BCUT2D eigenvalue weighted by atomic mass is 79.9. The molecule has 0 atom stereocenters. The van der Waals surface area contributed by atoms with Gasteiger partial charge in [-0.15, -0.1) is 0 Å². The summed E-state index contributed by atoms with van der Waals surface area (Å²) in [7, 11) is 0. The van der Waals surface area contributed by atoms with Gasteiger partial charge in [0.1, 0.15) is 18.1 Å². The van der Waals surface area contributed by atoms with Gasteiger partial charge in [0.25, 0.3) is 5.91 Å². The molecule has 0 aromatic heterocycles. The number of nitrogens with one attached hydrogen (secondary N) is 1. The van der Waals surface area contributed by atoms with Crippen LogP contribution in [0.3, 0.4) is 0 Å². The Balaban J connectivity index is 1.51. The monoisotopic (exact) mass is 516 g/mol. The Morgan fingerprint density at radius 3 is 2.55 bits per heavy atom. The lowest BCUT2D eigenvalue weighted by molar-refractivity contribution is -0.113. The summed E-state index contributed by atoms with van der Waals surface area (Å²) in [6.07, 6.45) is 1.60. The quantitative estimate of drug-likeness (QED) is 0.313. The number of halogens is 3. The van der Waals surface area contributed by atoms with E-state index < -0.39 is 11.9 Å². The second-order valence-electron chi connectivity index (χ2n) is 6.68. The van der Waals surface area contributed by atoms with E-state index in [9.17, 15) is 9.59 Å². The van der Waals surface area contributed by atoms with Crippen molar-refractivity contribution in [2.24, 2.45) is 0 Å². The largest absolute Gasteiger partial charge is 0.488 e.